The summed E-state index contributed by atoms with van der Waals surface area (Å²) in [4.78, 5) is 0. The molecule has 0 unspecified atom stereocenters. The van der Waals surface area contributed by atoms with Crippen LogP contribution in [-0.4, -0.2) is 31.2 Å². The van der Waals surface area contributed by atoms with Crippen molar-refractivity contribution in [2.24, 2.45) is 0 Å². The first-order valence-corrected chi connectivity index (χ1v) is 2.13. The molecule has 0 aliphatic carbocycles. The van der Waals surface area contributed by atoms with E-state index >= 15 is 0 Å². The molecule has 0 atom stereocenters. The maximum atomic E-state index is 10.4. The molecule has 65 valence electrons. The van der Waals surface area contributed by atoms with Gasteiger partial charge in [0.2, 0.25) is 0 Å². The molecule has 0 aromatic heterocycles. The Labute approximate surface area is 72.1 Å². The van der Waals surface area contributed by atoms with Gasteiger partial charge < -0.3 is 0 Å². The standard InChI is InChI=1S/2C2H3F3.Li/c2*1-2(3,4)5;/h2*1H3;. The van der Waals surface area contributed by atoms with Crippen LogP contribution in [0.5, 0.6) is 0 Å². The zero-order valence-corrected chi connectivity index (χ0v) is 6.27. The molecule has 0 fully saturated rings. The van der Waals surface area contributed by atoms with Crippen LogP contribution in [0.2, 0.25) is 0 Å². The van der Waals surface area contributed by atoms with Crippen molar-refractivity contribution in [1.82, 2.24) is 0 Å². The summed E-state index contributed by atoms with van der Waals surface area (Å²) in [7, 11) is 0. The smallest absolute Gasteiger partial charge is 0.172 e. The summed E-state index contributed by atoms with van der Waals surface area (Å²) in [5.74, 6) is 0. The SMILES string of the molecule is CC(F)(F)F.CC(F)(F)F.[Li]. The van der Waals surface area contributed by atoms with E-state index in [1.54, 1.807) is 0 Å². The van der Waals surface area contributed by atoms with Gasteiger partial charge in [0.15, 0.2) is 0 Å². The van der Waals surface area contributed by atoms with Gasteiger partial charge in [0.05, 0.1) is 0 Å². The predicted octanol–water partition coefficient (Wildman–Crippen LogP) is 2.76. The second-order valence-corrected chi connectivity index (χ2v) is 1.56. The van der Waals surface area contributed by atoms with E-state index in [1.807, 2.05) is 0 Å². The van der Waals surface area contributed by atoms with Crippen molar-refractivity contribution >= 4 is 18.9 Å². The van der Waals surface area contributed by atoms with Gasteiger partial charge in [0.1, 0.15) is 0 Å². The second kappa shape index (κ2) is 5.78. The molecule has 0 aromatic rings. The first-order valence-electron chi connectivity index (χ1n) is 2.13. The Kier molecular flexibility index (Phi) is 9.10. The van der Waals surface area contributed by atoms with Crippen LogP contribution < -0.4 is 0 Å². The van der Waals surface area contributed by atoms with Crippen molar-refractivity contribution in [3.63, 3.8) is 0 Å². The van der Waals surface area contributed by atoms with Crippen LogP contribution in [0.25, 0.3) is 0 Å². The summed E-state index contributed by atoms with van der Waals surface area (Å²) in [6.45, 7) is 0.375. The van der Waals surface area contributed by atoms with Crippen LogP contribution in [0.4, 0.5) is 26.3 Å². The van der Waals surface area contributed by atoms with Crippen LogP contribution >= 0.6 is 0 Å². The number of hydrogen-bond acceptors (Lipinski definition) is 0. The minimum atomic E-state index is -4.00. The van der Waals surface area contributed by atoms with Gasteiger partial charge in [-0.05, 0) is 0 Å². The average Bonchev–Trinajstić information content (AvgIpc) is 1.12. The Morgan fingerprint density at radius 3 is 0.636 bits per heavy atom. The van der Waals surface area contributed by atoms with E-state index in [1.165, 1.54) is 0 Å². The Hall–Kier alpha value is 0.177. The fraction of sp³-hybridized carbons (Fsp3) is 1.00. The molecule has 0 spiro atoms. The summed E-state index contributed by atoms with van der Waals surface area (Å²) >= 11 is 0. The maximum Gasteiger partial charge on any atom is 0.386 e. The first-order chi connectivity index (χ1) is 4.00. The monoisotopic (exact) mass is 175 g/mol. The third kappa shape index (κ3) is 21600. The van der Waals surface area contributed by atoms with Gasteiger partial charge in [-0.2, -0.15) is 26.3 Å². The van der Waals surface area contributed by atoms with Gasteiger partial charge in [-0.25, -0.2) is 0 Å². The molecule has 1 radical (unpaired) electrons. The normalized spacial score (nSPS) is 10.9. The minimum Gasteiger partial charge on any atom is -0.172 e. The summed E-state index contributed by atoms with van der Waals surface area (Å²) in [5.41, 5.74) is 0. The van der Waals surface area contributed by atoms with Crippen molar-refractivity contribution in [3.05, 3.63) is 0 Å². The molecule has 0 aliphatic heterocycles. The molecular formula is C4H6F6Li. The van der Waals surface area contributed by atoms with Crippen LogP contribution in [0, 0.1) is 0 Å². The largest absolute Gasteiger partial charge is 0.386 e. The first kappa shape index (κ1) is 17.3. The van der Waals surface area contributed by atoms with Crippen molar-refractivity contribution in [3.8, 4) is 0 Å². The van der Waals surface area contributed by atoms with Gasteiger partial charge in [0, 0.05) is 32.7 Å². The summed E-state index contributed by atoms with van der Waals surface area (Å²) < 4.78 is 62.1. The summed E-state index contributed by atoms with van der Waals surface area (Å²) in [5, 5.41) is 0. The quantitative estimate of drug-likeness (QED) is 0.392. The molecule has 0 aromatic carbocycles. The van der Waals surface area contributed by atoms with Crippen LogP contribution in [-0.2, 0) is 0 Å². The molecule has 0 N–H and O–H groups in total. The van der Waals surface area contributed by atoms with Crippen molar-refractivity contribution in [2.45, 2.75) is 26.2 Å². The van der Waals surface area contributed by atoms with Gasteiger partial charge in [0.25, 0.3) is 0 Å². The molecular weight excluding hydrogens is 169 g/mol. The molecule has 0 saturated carbocycles. The van der Waals surface area contributed by atoms with Gasteiger partial charge in [-0.3, -0.25) is 0 Å². The third-order valence-corrected chi connectivity index (χ3v) is 0. The average molecular weight is 175 g/mol. The molecule has 7 heteroatoms. The molecule has 0 amide bonds. The number of halogens is 6. The van der Waals surface area contributed by atoms with Crippen LogP contribution in [0.15, 0.2) is 0 Å². The molecule has 11 heavy (non-hydrogen) atoms. The van der Waals surface area contributed by atoms with E-state index in [0.717, 1.165) is 0 Å². The topological polar surface area (TPSA) is 0 Å². The summed E-state index contributed by atoms with van der Waals surface area (Å²) in [6.07, 6.45) is -8.00. The Morgan fingerprint density at radius 1 is 0.636 bits per heavy atom. The maximum absolute atomic E-state index is 10.4. The summed E-state index contributed by atoms with van der Waals surface area (Å²) in [6, 6.07) is 0. The van der Waals surface area contributed by atoms with Crippen LogP contribution in [0.1, 0.15) is 13.8 Å². The van der Waals surface area contributed by atoms with E-state index < -0.39 is 12.4 Å². The van der Waals surface area contributed by atoms with E-state index in [-0.39, 0.29) is 32.7 Å². The van der Waals surface area contributed by atoms with E-state index in [2.05, 4.69) is 0 Å². The predicted molar refractivity (Wildman–Crippen MR) is 29.2 cm³/mol. The van der Waals surface area contributed by atoms with E-state index in [0.29, 0.717) is 0 Å². The molecule has 0 saturated heterocycles. The van der Waals surface area contributed by atoms with Crippen molar-refractivity contribution in [1.29, 1.82) is 0 Å². The number of hydrogen-bond donors (Lipinski definition) is 0. The van der Waals surface area contributed by atoms with Gasteiger partial charge in [-0.15, -0.1) is 0 Å². The van der Waals surface area contributed by atoms with Crippen molar-refractivity contribution in [2.75, 3.05) is 0 Å². The Balaban J connectivity index is -0.000000107. The van der Waals surface area contributed by atoms with Crippen LogP contribution in [0.3, 0.4) is 0 Å². The number of rotatable bonds is 0. The Bertz CT molecular complexity index is 57.6. The van der Waals surface area contributed by atoms with Gasteiger partial charge >= 0.3 is 12.4 Å². The fourth-order valence-corrected chi connectivity index (χ4v) is 0. The van der Waals surface area contributed by atoms with Gasteiger partial charge in [-0.1, -0.05) is 0 Å². The molecule has 0 nitrogen and oxygen atoms in total. The van der Waals surface area contributed by atoms with E-state index in [4.69, 9.17) is 0 Å². The molecule has 0 rings (SSSR count). The molecule has 0 heterocycles. The fourth-order valence-electron chi connectivity index (χ4n) is 0. The number of alkyl halides is 6. The van der Waals surface area contributed by atoms with Crippen molar-refractivity contribution < 1.29 is 26.3 Å². The Morgan fingerprint density at radius 2 is 0.636 bits per heavy atom. The molecule has 0 bridgehead atoms. The molecule has 0 aliphatic rings. The third-order valence-electron chi connectivity index (χ3n) is 0. The zero-order chi connectivity index (χ0) is 9.00. The zero-order valence-electron chi connectivity index (χ0n) is 6.27. The minimum absolute atomic E-state index is 0. The van der Waals surface area contributed by atoms with E-state index in [9.17, 15) is 26.3 Å². The second-order valence-electron chi connectivity index (χ2n) is 1.56.